The number of nitrogens with one attached hydrogen (secondary N) is 1. The minimum absolute atomic E-state index is 0.0369. The summed E-state index contributed by atoms with van der Waals surface area (Å²) < 4.78 is 10.8. The van der Waals surface area contributed by atoms with Gasteiger partial charge in [0.15, 0.2) is 0 Å². The molecule has 2 aromatic rings. The van der Waals surface area contributed by atoms with Gasteiger partial charge in [-0.15, -0.1) is 0 Å². The number of carbonyl (C=O) groups is 3. The number of hydrogen-bond donors (Lipinski definition) is 2. The second-order valence-corrected chi connectivity index (χ2v) is 8.52. The van der Waals surface area contributed by atoms with Gasteiger partial charge in [0.2, 0.25) is 5.91 Å². The van der Waals surface area contributed by atoms with E-state index in [-0.39, 0.29) is 38.0 Å². The van der Waals surface area contributed by atoms with Crippen LogP contribution in [0.5, 0.6) is 0 Å². The van der Waals surface area contributed by atoms with Crippen molar-refractivity contribution in [1.82, 2.24) is 10.2 Å². The highest BCUT2D eigenvalue weighted by Gasteiger charge is 2.30. The number of carbonyl (C=O) groups excluding carboxylic acids is 2. The lowest BCUT2D eigenvalue weighted by Crippen LogP contribution is -2.42. The Morgan fingerprint density at radius 3 is 2.39 bits per heavy atom. The van der Waals surface area contributed by atoms with Gasteiger partial charge in [0.05, 0.1) is 19.1 Å². The summed E-state index contributed by atoms with van der Waals surface area (Å²) in [5.74, 6) is -2.00. The Balaban J connectivity index is 1.30. The van der Waals surface area contributed by atoms with Crippen LogP contribution in [-0.2, 0) is 19.1 Å². The lowest BCUT2D eigenvalue weighted by Gasteiger charge is -2.24. The summed E-state index contributed by atoms with van der Waals surface area (Å²) in [6.45, 7) is 2.75. The first-order valence-electron chi connectivity index (χ1n) is 11.1. The molecule has 1 aliphatic carbocycles. The summed E-state index contributed by atoms with van der Waals surface area (Å²) in [5, 5.41) is 12.0. The topological polar surface area (TPSA) is 105 Å². The number of amides is 2. The predicted octanol–water partition coefficient (Wildman–Crippen LogP) is 2.86. The van der Waals surface area contributed by atoms with Gasteiger partial charge in [0.1, 0.15) is 6.61 Å². The van der Waals surface area contributed by atoms with Crippen LogP contribution in [-0.4, -0.2) is 66.9 Å². The summed E-state index contributed by atoms with van der Waals surface area (Å²) in [5.41, 5.74) is 4.57. The van der Waals surface area contributed by atoms with Crippen molar-refractivity contribution in [3.63, 3.8) is 0 Å². The fraction of sp³-hybridized carbons (Fsp3) is 0.400. The van der Waals surface area contributed by atoms with Gasteiger partial charge in [0.25, 0.3) is 0 Å². The highest BCUT2D eigenvalue weighted by molar-refractivity contribution is 5.80. The zero-order valence-corrected chi connectivity index (χ0v) is 18.5. The molecule has 33 heavy (non-hydrogen) atoms. The molecule has 4 rings (SSSR count). The third kappa shape index (κ3) is 5.17. The Hall–Kier alpha value is -3.39. The maximum atomic E-state index is 12.6. The van der Waals surface area contributed by atoms with Gasteiger partial charge < -0.3 is 24.8 Å². The number of nitrogens with zero attached hydrogens (tertiary/aromatic N) is 1. The molecule has 2 N–H and O–H groups in total. The van der Waals surface area contributed by atoms with Crippen LogP contribution in [0.1, 0.15) is 30.4 Å². The highest BCUT2D eigenvalue weighted by atomic mass is 16.5. The maximum Gasteiger partial charge on any atom is 0.407 e. The molecule has 2 aromatic carbocycles. The Morgan fingerprint density at radius 1 is 1.12 bits per heavy atom. The largest absolute Gasteiger partial charge is 0.481 e. The molecule has 0 saturated carbocycles. The third-order valence-electron chi connectivity index (χ3n) is 6.16. The van der Waals surface area contributed by atoms with Gasteiger partial charge in [-0.1, -0.05) is 48.5 Å². The van der Waals surface area contributed by atoms with Crippen LogP contribution in [0.15, 0.2) is 48.5 Å². The van der Waals surface area contributed by atoms with E-state index in [4.69, 9.17) is 9.47 Å². The van der Waals surface area contributed by atoms with Crippen LogP contribution in [0.25, 0.3) is 11.1 Å². The van der Waals surface area contributed by atoms with E-state index >= 15 is 0 Å². The number of hydrogen-bond acceptors (Lipinski definition) is 5. The first-order valence-corrected chi connectivity index (χ1v) is 11.1. The first-order chi connectivity index (χ1) is 15.9. The highest BCUT2D eigenvalue weighted by Crippen LogP contribution is 2.44. The molecule has 1 heterocycles. The van der Waals surface area contributed by atoms with Gasteiger partial charge in [0, 0.05) is 31.5 Å². The van der Waals surface area contributed by atoms with Gasteiger partial charge in [-0.25, -0.2) is 4.79 Å². The quantitative estimate of drug-likeness (QED) is 0.698. The molecule has 2 atom stereocenters. The van der Waals surface area contributed by atoms with Gasteiger partial charge in [-0.2, -0.15) is 0 Å². The number of benzene rings is 2. The van der Waals surface area contributed by atoms with E-state index in [2.05, 4.69) is 29.6 Å². The van der Waals surface area contributed by atoms with Crippen molar-refractivity contribution < 1.29 is 29.0 Å². The van der Waals surface area contributed by atoms with E-state index in [1.807, 2.05) is 24.3 Å². The van der Waals surface area contributed by atoms with Crippen molar-refractivity contribution >= 4 is 18.0 Å². The Bertz CT molecular complexity index is 994. The third-order valence-corrected chi connectivity index (χ3v) is 6.16. The molecule has 174 valence electrons. The molecule has 0 spiro atoms. The fourth-order valence-corrected chi connectivity index (χ4v) is 4.47. The molecule has 0 aromatic heterocycles. The molecular formula is C25H28N2O6. The van der Waals surface area contributed by atoms with Crippen molar-refractivity contribution in [3.05, 3.63) is 59.7 Å². The minimum atomic E-state index is -0.987. The minimum Gasteiger partial charge on any atom is -0.481 e. The van der Waals surface area contributed by atoms with Crippen molar-refractivity contribution in [2.45, 2.75) is 25.3 Å². The number of alkyl carbamates (subject to hydrolysis) is 1. The van der Waals surface area contributed by atoms with Crippen LogP contribution in [0.3, 0.4) is 0 Å². The second-order valence-electron chi connectivity index (χ2n) is 8.52. The van der Waals surface area contributed by atoms with Gasteiger partial charge in [-0.05, 0) is 29.2 Å². The zero-order chi connectivity index (χ0) is 23.4. The van der Waals surface area contributed by atoms with Gasteiger partial charge >= 0.3 is 12.1 Å². The van der Waals surface area contributed by atoms with E-state index in [1.165, 1.54) is 4.90 Å². The average molecular weight is 453 g/mol. The van der Waals surface area contributed by atoms with Crippen molar-refractivity contribution in [3.8, 4) is 11.1 Å². The molecule has 8 nitrogen and oxygen atoms in total. The number of carboxylic acids is 1. The first kappa shape index (κ1) is 22.8. The summed E-state index contributed by atoms with van der Waals surface area (Å²) in [6.07, 6.45) is -0.531. The Labute approximate surface area is 192 Å². The SMILES string of the molecule is C[C@@H](CC(=O)N1CCOCC(C(=O)O)C1)NC(=O)OCC1c2ccccc2-c2ccccc21. The van der Waals surface area contributed by atoms with Crippen LogP contribution in [0.4, 0.5) is 4.79 Å². The number of aliphatic carboxylic acids is 1. The zero-order valence-electron chi connectivity index (χ0n) is 18.5. The Morgan fingerprint density at radius 2 is 1.76 bits per heavy atom. The molecule has 8 heteroatoms. The molecule has 1 aliphatic heterocycles. The molecule has 0 radical (unpaired) electrons. The van der Waals surface area contributed by atoms with Crippen molar-refractivity contribution in [2.75, 3.05) is 32.9 Å². The molecule has 2 aliphatic rings. The lowest BCUT2D eigenvalue weighted by atomic mass is 9.98. The van der Waals surface area contributed by atoms with Crippen LogP contribution < -0.4 is 5.32 Å². The predicted molar refractivity (Wildman–Crippen MR) is 121 cm³/mol. The molecular weight excluding hydrogens is 424 g/mol. The van der Waals surface area contributed by atoms with E-state index in [0.717, 1.165) is 22.3 Å². The molecule has 2 amide bonds. The van der Waals surface area contributed by atoms with Crippen LogP contribution in [0, 0.1) is 5.92 Å². The van der Waals surface area contributed by atoms with E-state index in [1.54, 1.807) is 6.92 Å². The van der Waals surface area contributed by atoms with Crippen molar-refractivity contribution in [2.24, 2.45) is 5.92 Å². The van der Waals surface area contributed by atoms with Crippen LogP contribution >= 0.6 is 0 Å². The van der Waals surface area contributed by atoms with Gasteiger partial charge in [-0.3, -0.25) is 9.59 Å². The number of ether oxygens (including phenoxy) is 2. The average Bonchev–Trinajstić information content (AvgIpc) is 2.94. The number of carboxylic acid groups (broad SMARTS) is 1. The van der Waals surface area contributed by atoms with E-state index < -0.39 is 24.0 Å². The lowest BCUT2D eigenvalue weighted by molar-refractivity contribution is -0.144. The molecule has 0 bridgehead atoms. The summed E-state index contributed by atoms with van der Waals surface area (Å²) in [4.78, 5) is 37.8. The van der Waals surface area contributed by atoms with Crippen LogP contribution in [0.2, 0.25) is 0 Å². The Kier molecular flexibility index (Phi) is 6.93. The van der Waals surface area contributed by atoms with Crippen molar-refractivity contribution in [1.29, 1.82) is 0 Å². The van der Waals surface area contributed by atoms with E-state index in [0.29, 0.717) is 13.2 Å². The fourth-order valence-electron chi connectivity index (χ4n) is 4.47. The number of fused-ring (bicyclic) bond motifs is 3. The van der Waals surface area contributed by atoms with E-state index in [9.17, 15) is 19.5 Å². The molecule has 1 saturated heterocycles. The summed E-state index contributed by atoms with van der Waals surface area (Å²) >= 11 is 0. The second kappa shape index (κ2) is 10.0. The standard InChI is InChI=1S/C25H28N2O6/c1-16(12-23(28)27-10-11-32-14-17(13-27)24(29)30)26-25(31)33-15-22-20-8-4-2-6-18(20)19-7-3-5-9-21(19)22/h2-9,16-17,22H,10-15H2,1H3,(H,26,31)(H,29,30)/t16-,17?/m0/s1. The summed E-state index contributed by atoms with van der Waals surface area (Å²) in [7, 11) is 0. The monoisotopic (exact) mass is 452 g/mol. The normalized spacial score (nSPS) is 18.6. The summed E-state index contributed by atoms with van der Waals surface area (Å²) in [6, 6.07) is 15.8. The smallest absolute Gasteiger partial charge is 0.407 e. The maximum absolute atomic E-state index is 12.6. The molecule has 1 unspecified atom stereocenters. The molecule has 1 fully saturated rings. The number of rotatable bonds is 6.